The van der Waals surface area contributed by atoms with Gasteiger partial charge in [0.25, 0.3) is 12.3 Å². The summed E-state index contributed by atoms with van der Waals surface area (Å²) in [6.07, 6.45) is -4.41. The summed E-state index contributed by atoms with van der Waals surface area (Å²) in [5.74, 6) is -2.77. The number of hydrogen-bond donors (Lipinski definition) is 2. The van der Waals surface area contributed by atoms with Crippen LogP contribution in [0.15, 0.2) is 18.2 Å². The fraction of sp³-hybridized carbons (Fsp3) is 0.429. The lowest BCUT2D eigenvalue weighted by Gasteiger charge is -2.15. The lowest BCUT2D eigenvalue weighted by molar-refractivity contribution is -0.150. The van der Waals surface area contributed by atoms with Crippen LogP contribution < -0.4 is 10.1 Å². The van der Waals surface area contributed by atoms with Crippen molar-refractivity contribution < 1.29 is 37.3 Å². The Balaban J connectivity index is 2.04. The molecule has 1 heterocycles. The molecule has 1 fully saturated rings. The Morgan fingerprint density at radius 2 is 2.04 bits per heavy atom. The van der Waals surface area contributed by atoms with Gasteiger partial charge in [0.15, 0.2) is 6.10 Å². The summed E-state index contributed by atoms with van der Waals surface area (Å²) in [4.78, 5) is 22.8. The molecule has 1 aliphatic heterocycles. The fourth-order valence-corrected chi connectivity index (χ4v) is 2.10. The molecule has 0 bridgehead atoms. The zero-order valence-electron chi connectivity index (χ0n) is 11.8. The van der Waals surface area contributed by atoms with Crippen LogP contribution >= 0.6 is 0 Å². The number of rotatable bonds is 6. The van der Waals surface area contributed by atoms with E-state index in [0.717, 1.165) is 18.2 Å². The number of benzene rings is 1. The molecule has 126 valence electrons. The maximum absolute atomic E-state index is 13.2. The standard InChI is InChI=1S/C14H14F3NO5/c15-7-1-2-8(11(5-7)22-6-12(16)17)18-13(19)9-3-4-10(23-9)14(20)21/h1-2,5,9-10,12H,3-4,6H2,(H,18,19)(H,20,21)/t9-,10+/m0/s1. The number of anilines is 1. The second-order valence-electron chi connectivity index (χ2n) is 4.86. The van der Waals surface area contributed by atoms with Crippen LogP contribution in [0.3, 0.4) is 0 Å². The molecule has 0 saturated carbocycles. The van der Waals surface area contributed by atoms with Gasteiger partial charge >= 0.3 is 5.97 Å². The molecule has 0 aromatic heterocycles. The van der Waals surface area contributed by atoms with Gasteiger partial charge in [0, 0.05) is 6.07 Å². The topological polar surface area (TPSA) is 84.9 Å². The van der Waals surface area contributed by atoms with Crippen LogP contribution in [0.5, 0.6) is 5.75 Å². The van der Waals surface area contributed by atoms with E-state index in [9.17, 15) is 22.8 Å². The number of carbonyl (C=O) groups is 2. The number of hydrogen-bond acceptors (Lipinski definition) is 4. The summed E-state index contributed by atoms with van der Waals surface area (Å²) in [7, 11) is 0. The SMILES string of the molecule is O=C(Nc1ccc(F)cc1OCC(F)F)[C@@H]1CC[C@H](C(=O)O)O1. The maximum atomic E-state index is 13.2. The molecule has 9 heteroatoms. The Labute approximate surface area is 129 Å². The van der Waals surface area contributed by atoms with Crippen molar-refractivity contribution in [2.24, 2.45) is 0 Å². The largest absolute Gasteiger partial charge is 0.485 e. The molecule has 1 aliphatic rings. The first kappa shape index (κ1) is 17.1. The number of nitrogens with one attached hydrogen (secondary N) is 1. The minimum atomic E-state index is -2.75. The lowest BCUT2D eigenvalue weighted by Crippen LogP contribution is -2.30. The first-order valence-corrected chi connectivity index (χ1v) is 6.76. The predicted octanol–water partition coefficient (Wildman–Crippen LogP) is 2.04. The summed E-state index contributed by atoms with van der Waals surface area (Å²) in [5, 5.41) is 11.2. The van der Waals surface area contributed by atoms with Crippen LogP contribution in [0.25, 0.3) is 0 Å². The monoisotopic (exact) mass is 333 g/mol. The zero-order chi connectivity index (χ0) is 17.0. The van der Waals surface area contributed by atoms with Gasteiger partial charge in [-0.1, -0.05) is 0 Å². The summed E-state index contributed by atoms with van der Waals surface area (Å²) in [5.41, 5.74) is -0.000532. The average molecular weight is 333 g/mol. The number of alkyl halides is 2. The smallest absolute Gasteiger partial charge is 0.332 e. The molecule has 0 radical (unpaired) electrons. The van der Waals surface area contributed by atoms with Crippen molar-refractivity contribution in [3.05, 3.63) is 24.0 Å². The molecule has 6 nitrogen and oxygen atoms in total. The lowest BCUT2D eigenvalue weighted by atomic mass is 10.2. The van der Waals surface area contributed by atoms with Gasteiger partial charge in [-0.05, 0) is 25.0 Å². The van der Waals surface area contributed by atoms with E-state index in [1.165, 1.54) is 0 Å². The van der Waals surface area contributed by atoms with Crippen LogP contribution in [-0.4, -0.2) is 42.2 Å². The summed E-state index contributed by atoms with van der Waals surface area (Å²) < 4.78 is 47.4. The van der Waals surface area contributed by atoms with Crippen LogP contribution in [0.2, 0.25) is 0 Å². The number of carbonyl (C=O) groups excluding carboxylic acids is 1. The van der Waals surface area contributed by atoms with Gasteiger partial charge in [-0.3, -0.25) is 4.79 Å². The van der Waals surface area contributed by atoms with E-state index in [2.05, 4.69) is 5.32 Å². The van der Waals surface area contributed by atoms with Crippen molar-refractivity contribution in [3.8, 4) is 5.75 Å². The molecule has 2 rings (SSSR count). The molecular formula is C14H14F3NO5. The van der Waals surface area contributed by atoms with Crippen LogP contribution in [0.1, 0.15) is 12.8 Å². The summed E-state index contributed by atoms with van der Waals surface area (Å²) >= 11 is 0. The third-order valence-corrected chi connectivity index (χ3v) is 3.15. The average Bonchev–Trinajstić information content (AvgIpc) is 2.97. The van der Waals surface area contributed by atoms with E-state index in [1.54, 1.807) is 0 Å². The van der Waals surface area contributed by atoms with E-state index in [-0.39, 0.29) is 24.3 Å². The Kier molecular flexibility index (Phi) is 5.43. The Morgan fingerprint density at radius 1 is 1.35 bits per heavy atom. The van der Waals surface area contributed by atoms with Gasteiger partial charge in [-0.15, -0.1) is 0 Å². The second kappa shape index (κ2) is 7.32. The first-order valence-electron chi connectivity index (χ1n) is 6.76. The Bertz CT molecular complexity index is 596. The molecule has 0 spiro atoms. The maximum Gasteiger partial charge on any atom is 0.332 e. The third-order valence-electron chi connectivity index (χ3n) is 3.15. The van der Waals surface area contributed by atoms with Crippen molar-refractivity contribution in [3.63, 3.8) is 0 Å². The van der Waals surface area contributed by atoms with E-state index in [1.807, 2.05) is 0 Å². The highest BCUT2D eigenvalue weighted by molar-refractivity contribution is 5.96. The van der Waals surface area contributed by atoms with Gasteiger partial charge in [-0.25, -0.2) is 18.0 Å². The van der Waals surface area contributed by atoms with Gasteiger partial charge in [-0.2, -0.15) is 0 Å². The van der Waals surface area contributed by atoms with Gasteiger partial charge < -0.3 is 19.9 Å². The highest BCUT2D eigenvalue weighted by Crippen LogP contribution is 2.28. The van der Waals surface area contributed by atoms with Crippen LogP contribution in [-0.2, 0) is 14.3 Å². The van der Waals surface area contributed by atoms with E-state index in [4.69, 9.17) is 14.6 Å². The van der Waals surface area contributed by atoms with Gasteiger partial charge in [0.05, 0.1) is 5.69 Å². The molecular weight excluding hydrogens is 319 g/mol. The molecule has 1 aromatic carbocycles. The van der Waals surface area contributed by atoms with E-state index >= 15 is 0 Å². The summed E-state index contributed by atoms with van der Waals surface area (Å²) in [6.45, 7) is -0.951. The number of carboxylic acids is 1. The number of amides is 1. The van der Waals surface area contributed by atoms with Crippen molar-refractivity contribution in [2.45, 2.75) is 31.5 Å². The molecule has 1 aromatic rings. The second-order valence-corrected chi connectivity index (χ2v) is 4.86. The van der Waals surface area contributed by atoms with Gasteiger partial charge in [0.2, 0.25) is 0 Å². The number of aliphatic carboxylic acids is 1. The quantitative estimate of drug-likeness (QED) is 0.832. The molecule has 0 unspecified atom stereocenters. The predicted molar refractivity (Wildman–Crippen MR) is 72.1 cm³/mol. The van der Waals surface area contributed by atoms with E-state index < -0.39 is 42.9 Å². The number of carboxylic acid groups (broad SMARTS) is 1. The number of halogens is 3. The highest BCUT2D eigenvalue weighted by Gasteiger charge is 2.35. The third kappa shape index (κ3) is 4.59. The molecule has 2 N–H and O–H groups in total. The van der Waals surface area contributed by atoms with Crippen molar-refractivity contribution >= 4 is 17.6 Å². The van der Waals surface area contributed by atoms with E-state index in [0.29, 0.717) is 0 Å². The van der Waals surface area contributed by atoms with Crippen molar-refractivity contribution in [1.82, 2.24) is 0 Å². The van der Waals surface area contributed by atoms with Crippen molar-refractivity contribution in [1.29, 1.82) is 0 Å². The number of ether oxygens (including phenoxy) is 2. The summed E-state index contributed by atoms with van der Waals surface area (Å²) in [6, 6.07) is 3.06. The molecule has 2 atom stereocenters. The minimum absolute atomic E-state index is 0.000532. The zero-order valence-corrected chi connectivity index (χ0v) is 11.8. The highest BCUT2D eigenvalue weighted by atomic mass is 19.3. The molecule has 1 saturated heterocycles. The Morgan fingerprint density at radius 3 is 2.65 bits per heavy atom. The Hall–Kier alpha value is -2.29. The molecule has 0 aliphatic carbocycles. The molecule has 23 heavy (non-hydrogen) atoms. The first-order chi connectivity index (χ1) is 10.9. The van der Waals surface area contributed by atoms with Crippen molar-refractivity contribution in [2.75, 3.05) is 11.9 Å². The van der Waals surface area contributed by atoms with Crippen LogP contribution in [0, 0.1) is 5.82 Å². The fourth-order valence-electron chi connectivity index (χ4n) is 2.10. The normalized spacial score (nSPS) is 20.5. The minimum Gasteiger partial charge on any atom is -0.485 e. The van der Waals surface area contributed by atoms with Gasteiger partial charge in [0.1, 0.15) is 24.3 Å². The van der Waals surface area contributed by atoms with Crippen LogP contribution in [0.4, 0.5) is 18.9 Å². The molecule has 1 amide bonds.